The van der Waals surface area contributed by atoms with Crippen molar-refractivity contribution in [3.8, 4) is 17.2 Å². The average molecular weight is 280 g/mol. The minimum Gasteiger partial charge on any atom is -0.496 e. The Morgan fingerprint density at radius 3 is 2.00 bits per heavy atom. The number of hydrogen-bond donors (Lipinski definition) is 1. The Labute approximate surface area is 120 Å². The summed E-state index contributed by atoms with van der Waals surface area (Å²) in [6.07, 6.45) is 2.44. The number of likely N-dealkylation sites (tertiary alicyclic amines) is 1. The molecule has 0 aliphatic carbocycles. The first-order valence-electron chi connectivity index (χ1n) is 6.99. The van der Waals surface area contributed by atoms with Crippen molar-refractivity contribution in [1.82, 2.24) is 4.90 Å². The third-order valence-electron chi connectivity index (χ3n) is 3.89. The number of ether oxygens (including phenoxy) is 3. The van der Waals surface area contributed by atoms with E-state index in [4.69, 9.17) is 19.9 Å². The summed E-state index contributed by atoms with van der Waals surface area (Å²) in [5.74, 6) is 2.26. The molecule has 0 aromatic heterocycles. The third kappa shape index (κ3) is 2.83. The molecule has 0 amide bonds. The lowest BCUT2D eigenvalue weighted by atomic mass is 10.0. The van der Waals surface area contributed by atoms with Crippen molar-refractivity contribution in [2.75, 3.05) is 41.0 Å². The molecule has 0 radical (unpaired) electrons. The van der Waals surface area contributed by atoms with Crippen molar-refractivity contribution >= 4 is 0 Å². The van der Waals surface area contributed by atoms with Crippen LogP contribution in [0.4, 0.5) is 0 Å². The predicted octanol–water partition coefficient (Wildman–Crippen LogP) is 1.81. The van der Waals surface area contributed by atoms with Crippen LogP contribution in [0.25, 0.3) is 0 Å². The lowest BCUT2D eigenvalue weighted by Crippen LogP contribution is -2.32. The van der Waals surface area contributed by atoms with Gasteiger partial charge in [0, 0.05) is 18.7 Å². The fraction of sp³-hybridized carbons (Fsp3) is 0.600. The van der Waals surface area contributed by atoms with Crippen LogP contribution in [0.1, 0.15) is 24.4 Å². The van der Waals surface area contributed by atoms with Gasteiger partial charge >= 0.3 is 0 Å². The Hall–Kier alpha value is -1.46. The summed E-state index contributed by atoms with van der Waals surface area (Å²) in [5, 5.41) is 0. The van der Waals surface area contributed by atoms with E-state index in [2.05, 4.69) is 4.90 Å². The number of nitrogens with zero attached hydrogens (tertiary/aromatic N) is 1. The molecule has 1 aromatic carbocycles. The normalized spacial score (nSPS) is 17.0. The molecule has 1 heterocycles. The summed E-state index contributed by atoms with van der Waals surface area (Å²) in [6, 6.07) is 3.89. The van der Waals surface area contributed by atoms with E-state index in [9.17, 15) is 0 Å². The van der Waals surface area contributed by atoms with Gasteiger partial charge in [-0.1, -0.05) is 0 Å². The largest absolute Gasteiger partial charge is 0.496 e. The van der Waals surface area contributed by atoms with Crippen LogP contribution in [0.15, 0.2) is 12.1 Å². The fourth-order valence-corrected chi connectivity index (χ4v) is 2.86. The molecule has 0 spiro atoms. The molecule has 1 aromatic rings. The molecule has 1 saturated heterocycles. The van der Waals surface area contributed by atoms with E-state index in [1.165, 1.54) is 12.8 Å². The van der Waals surface area contributed by atoms with E-state index < -0.39 is 0 Å². The summed E-state index contributed by atoms with van der Waals surface area (Å²) >= 11 is 0. The first kappa shape index (κ1) is 14.9. The van der Waals surface area contributed by atoms with Crippen LogP contribution in [-0.4, -0.2) is 45.9 Å². The van der Waals surface area contributed by atoms with Crippen LogP contribution >= 0.6 is 0 Å². The molecule has 1 fully saturated rings. The van der Waals surface area contributed by atoms with Gasteiger partial charge in [0.15, 0.2) is 0 Å². The van der Waals surface area contributed by atoms with E-state index >= 15 is 0 Å². The van der Waals surface area contributed by atoms with E-state index in [1.54, 1.807) is 21.3 Å². The SMILES string of the molecule is COc1cc(OC)c([C@H](CN)N2CCCC2)c(OC)c1. The molecular weight excluding hydrogens is 256 g/mol. The lowest BCUT2D eigenvalue weighted by Gasteiger charge is -2.29. The lowest BCUT2D eigenvalue weighted by molar-refractivity contribution is 0.237. The van der Waals surface area contributed by atoms with Crippen molar-refractivity contribution in [3.05, 3.63) is 17.7 Å². The van der Waals surface area contributed by atoms with Gasteiger partial charge in [-0.3, -0.25) is 4.90 Å². The smallest absolute Gasteiger partial charge is 0.131 e. The van der Waals surface area contributed by atoms with Crippen molar-refractivity contribution in [2.45, 2.75) is 18.9 Å². The number of rotatable bonds is 6. The Kier molecular flexibility index (Phi) is 5.09. The fourth-order valence-electron chi connectivity index (χ4n) is 2.86. The van der Waals surface area contributed by atoms with Crippen molar-refractivity contribution in [1.29, 1.82) is 0 Å². The van der Waals surface area contributed by atoms with E-state index in [1.807, 2.05) is 12.1 Å². The monoisotopic (exact) mass is 280 g/mol. The first-order chi connectivity index (χ1) is 9.74. The molecule has 1 atom stereocenters. The quantitative estimate of drug-likeness (QED) is 0.861. The molecular formula is C15H24N2O3. The van der Waals surface area contributed by atoms with Gasteiger partial charge in [0.05, 0.1) is 32.9 Å². The minimum atomic E-state index is 0.119. The van der Waals surface area contributed by atoms with Gasteiger partial charge in [-0.2, -0.15) is 0 Å². The second-order valence-electron chi connectivity index (χ2n) is 4.94. The second kappa shape index (κ2) is 6.81. The zero-order valence-electron chi connectivity index (χ0n) is 12.5. The minimum absolute atomic E-state index is 0.119. The van der Waals surface area contributed by atoms with Crippen molar-refractivity contribution in [3.63, 3.8) is 0 Å². The summed E-state index contributed by atoms with van der Waals surface area (Å²) in [6.45, 7) is 2.68. The highest BCUT2D eigenvalue weighted by Gasteiger charge is 2.28. The van der Waals surface area contributed by atoms with Crippen LogP contribution in [0.5, 0.6) is 17.2 Å². The standard InChI is InChI=1S/C15H24N2O3/c1-18-11-8-13(19-2)15(14(9-11)20-3)12(10-16)17-6-4-5-7-17/h8-9,12H,4-7,10,16H2,1-3H3/t12-/m0/s1. The van der Waals surface area contributed by atoms with Crippen LogP contribution in [-0.2, 0) is 0 Å². The molecule has 1 aliphatic heterocycles. The van der Waals surface area contributed by atoms with Gasteiger partial charge in [0.2, 0.25) is 0 Å². The zero-order chi connectivity index (χ0) is 14.5. The number of methoxy groups -OCH3 is 3. The average Bonchev–Trinajstić information content (AvgIpc) is 3.01. The maximum atomic E-state index is 6.02. The maximum absolute atomic E-state index is 6.02. The van der Waals surface area contributed by atoms with E-state index in [0.29, 0.717) is 6.54 Å². The summed E-state index contributed by atoms with van der Waals surface area (Å²) in [5.41, 5.74) is 7.03. The highest BCUT2D eigenvalue weighted by molar-refractivity contribution is 5.52. The van der Waals surface area contributed by atoms with Crippen molar-refractivity contribution < 1.29 is 14.2 Å². The van der Waals surface area contributed by atoms with Gasteiger partial charge in [-0.05, 0) is 25.9 Å². The van der Waals surface area contributed by atoms with E-state index in [0.717, 1.165) is 35.9 Å². The summed E-state index contributed by atoms with van der Waals surface area (Å²) in [4.78, 5) is 2.40. The number of benzene rings is 1. The summed E-state index contributed by atoms with van der Waals surface area (Å²) in [7, 11) is 4.96. The number of hydrogen-bond acceptors (Lipinski definition) is 5. The molecule has 2 rings (SSSR count). The highest BCUT2D eigenvalue weighted by Crippen LogP contribution is 2.40. The predicted molar refractivity (Wildman–Crippen MR) is 78.7 cm³/mol. The van der Waals surface area contributed by atoms with Gasteiger partial charge in [-0.15, -0.1) is 0 Å². The Morgan fingerprint density at radius 1 is 1.05 bits per heavy atom. The van der Waals surface area contributed by atoms with Gasteiger partial charge in [0.1, 0.15) is 17.2 Å². The number of nitrogens with two attached hydrogens (primary N) is 1. The van der Waals surface area contributed by atoms with E-state index in [-0.39, 0.29) is 6.04 Å². The molecule has 2 N–H and O–H groups in total. The topological polar surface area (TPSA) is 57.0 Å². The van der Waals surface area contributed by atoms with Crippen LogP contribution in [0.3, 0.4) is 0 Å². The summed E-state index contributed by atoms with van der Waals surface area (Å²) < 4.78 is 16.3. The van der Waals surface area contributed by atoms with Gasteiger partial charge in [-0.25, -0.2) is 0 Å². The molecule has 0 bridgehead atoms. The molecule has 112 valence electrons. The van der Waals surface area contributed by atoms with Gasteiger partial charge < -0.3 is 19.9 Å². The molecule has 5 heteroatoms. The second-order valence-corrected chi connectivity index (χ2v) is 4.94. The van der Waals surface area contributed by atoms with Crippen LogP contribution in [0.2, 0.25) is 0 Å². The Bertz CT molecular complexity index is 420. The Balaban J connectivity index is 2.45. The molecule has 20 heavy (non-hydrogen) atoms. The third-order valence-corrected chi connectivity index (χ3v) is 3.89. The molecule has 0 unspecified atom stereocenters. The molecule has 5 nitrogen and oxygen atoms in total. The van der Waals surface area contributed by atoms with Crippen molar-refractivity contribution in [2.24, 2.45) is 5.73 Å². The first-order valence-corrected chi connectivity index (χ1v) is 6.99. The zero-order valence-corrected chi connectivity index (χ0v) is 12.5. The maximum Gasteiger partial charge on any atom is 0.131 e. The Morgan fingerprint density at radius 2 is 1.60 bits per heavy atom. The van der Waals surface area contributed by atoms with Gasteiger partial charge in [0.25, 0.3) is 0 Å². The molecule has 1 aliphatic rings. The van der Waals surface area contributed by atoms with Crippen LogP contribution < -0.4 is 19.9 Å². The molecule has 0 saturated carbocycles. The van der Waals surface area contributed by atoms with Crippen LogP contribution in [0, 0.1) is 0 Å². The highest BCUT2D eigenvalue weighted by atomic mass is 16.5.